The maximum absolute atomic E-state index is 10.5. The fourth-order valence-corrected chi connectivity index (χ4v) is 1.91. The third-order valence-corrected chi connectivity index (χ3v) is 3.06. The Bertz CT molecular complexity index is 640. The molecular weight excluding hydrogens is 264 g/mol. The predicted octanol–water partition coefficient (Wildman–Crippen LogP) is 4.70. The van der Waals surface area contributed by atoms with Crippen LogP contribution in [0, 0.1) is 0 Å². The van der Waals surface area contributed by atoms with Crippen molar-refractivity contribution < 1.29 is 14.6 Å². The van der Waals surface area contributed by atoms with E-state index >= 15 is 0 Å². The topological polar surface area (TPSA) is 46.5 Å². The second-order valence-corrected chi connectivity index (χ2v) is 5.07. The average Bonchev–Trinajstić information content (AvgIpc) is 2.46. The van der Waals surface area contributed by atoms with E-state index in [1.54, 1.807) is 6.07 Å². The Morgan fingerprint density at radius 2 is 1.81 bits per heavy atom. The Kier molecular flexibility index (Phi) is 4.77. The van der Waals surface area contributed by atoms with Crippen molar-refractivity contribution in [3.8, 4) is 11.5 Å². The van der Waals surface area contributed by atoms with Gasteiger partial charge in [0.05, 0.1) is 0 Å². The molecule has 1 N–H and O–H groups in total. The third kappa shape index (κ3) is 4.49. The Morgan fingerprint density at radius 1 is 1.10 bits per heavy atom. The molecule has 2 aromatic rings. The summed E-state index contributed by atoms with van der Waals surface area (Å²) in [5.74, 6) is 0.965. The molecular formula is C18H18O3. The molecule has 0 saturated carbocycles. The van der Waals surface area contributed by atoms with E-state index in [0.29, 0.717) is 11.7 Å². The fraction of sp³-hybridized carbons (Fsp3) is 0.167. The molecule has 0 aliphatic rings. The fourth-order valence-electron chi connectivity index (χ4n) is 1.91. The number of hydrogen-bond donors (Lipinski definition) is 1. The summed E-state index contributed by atoms with van der Waals surface area (Å²) in [6, 6.07) is 15.3. The Morgan fingerprint density at radius 3 is 2.43 bits per heavy atom. The first-order chi connectivity index (χ1) is 10.0. The van der Waals surface area contributed by atoms with Gasteiger partial charge in [-0.2, -0.15) is 0 Å². The van der Waals surface area contributed by atoms with Gasteiger partial charge in [-0.15, -0.1) is 0 Å². The molecule has 3 nitrogen and oxygen atoms in total. The summed E-state index contributed by atoms with van der Waals surface area (Å²) in [6.07, 6.45) is 2.65. The van der Waals surface area contributed by atoms with Gasteiger partial charge in [0.25, 0.3) is 0 Å². The van der Waals surface area contributed by atoms with Crippen LogP contribution in [0.1, 0.15) is 30.9 Å². The number of hydrogen-bond acceptors (Lipinski definition) is 2. The molecule has 0 saturated heterocycles. The van der Waals surface area contributed by atoms with Crippen molar-refractivity contribution in [2.45, 2.75) is 19.8 Å². The van der Waals surface area contributed by atoms with Crippen LogP contribution < -0.4 is 4.74 Å². The number of ether oxygens (including phenoxy) is 1. The molecule has 2 rings (SSSR count). The zero-order valence-electron chi connectivity index (χ0n) is 12.1. The first kappa shape index (κ1) is 14.9. The molecule has 0 fully saturated rings. The van der Waals surface area contributed by atoms with E-state index in [4.69, 9.17) is 9.84 Å². The largest absolute Gasteiger partial charge is 0.478 e. The molecule has 0 atom stereocenters. The molecule has 3 heteroatoms. The van der Waals surface area contributed by atoms with Crippen molar-refractivity contribution in [2.75, 3.05) is 0 Å². The zero-order chi connectivity index (χ0) is 15.2. The quantitative estimate of drug-likeness (QED) is 0.808. The Hall–Kier alpha value is -2.55. The molecule has 108 valence electrons. The molecule has 0 heterocycles. The van der Waals surface area contributed by atoms with Crippen molar-refractivity contribution >= 4 is 12.0 Å². The standard InChI is InChI=1S/C18H18O3/c1-13(2)15-7-9-16(10-8-15)21-17-5-3-4-14(12-17)6-11-18(19)20/h3-13H,1-2H3,(H,19,20). The molecule has 2 aromatic carbocycles. The maximum atomic E-state index is 10.5. The van der Waals surface area contributed by atoms with Gasteiger partial charge in [-0.05, 0) is 47.4 Å². The molecule has 21 heavy (non-hydrogen) atoms. The van der Waals surface area contributed by atoms with Gasteiger partial charge in [-0.1, -0.05) is 38.1 Å². The zero-order valence-corrected chi connectivity index (χ0v) is 12.1. The van der Waals surface area contributed by atoms with Crippen LogP contribution in [0.15, 0.2) is 54.6 Å². The highest BCUT2D eigenvalue weighted by Crippen LogP contribution is 2.24. The minimum absolute atomic E-state index is 0.489. The summed E-state index contributed by atoms with van der Waals surface area (Å²) in [7, 11) is 0. The van der Waals surface area contributed by atoms with Gasteiger partial charge in [-0.25, -0.2) is 4.79 Å². The van der Waals surface area contributed by atoms with Crippen LogP contribution in [0.4, 0.5) is 0 Å². The number of carbonyl (C=O) groups is 1. The van der Waals surface area contributed by atoms with Gasteiger partial charge < -0.3 is 9.84 Å². The van der Waals surface area contributed by atoms with E-state index in [9.17, 15) is 4.79 Å². The minimum Gasteiger partial charge on any atom is -0.478 e. The smallest absolute Gasteiger partial charge is 0.328 e. The molecule has 0 aliphatic carbocycles. The highest BCUT2D eigenvalue weighted by atomic mass is 16.5. The van der Waals surface area contributed by atoms with E-state index in [-0.39, 0.29) is 0 Å². The predicted molar refractivity (Wildman–Crippen MR) is 83.7 cm³/mol. The van der Waals surface area contributed by atoms with Crippen molar-refractivity contribution in [1.29, 1.82) is 0 Å². The molecule has 0 unspecified atom stereocenters. The van der Waals surface area contributed by atoms with E-state index in [1.807, 2.05) is 42.5 Å². The number of aliphatic carboxylic acids is 1. The highest BCUT2D eigenvalue weighted by Gasteiger charge is 2.01. The van der Waals surface area contributed by atoms with Gasteiger partial charge >= 0.3 is 5.97 Å². The van der Waals surface area contributed by atoms with Gasteiger partial charge in [-0.3, -0.25) is 0 Å². The molecule has 0 spiro atoms. The van der Waals surface area contributed by atoms with Crippen LogP contribution in [0.3, 0.4) is 0 Å². The molecule has 0 aromatic heterocycles. The van der Waals surface area contributed by atoms with Crippen LogP contribution in [0.2, 0.25) is 0 Å². The van der Waals surface area contributed by atoms with E-state index in [0.717, 1.165) is 17.4 Å². The lowest BCUT2D eigenvalue weighted by atomic mass is 10.0. The number of benzene rings is 2. The lowest BCUT2D eigenvalue weighted by molar-refractivity contribution is -0.131. The van der Waals surface area contributed by atoms with Crippen molar-refractivity contribution in [3.63, 3.8) is 0 Å². The second-order valence-electron chi connectivity index (χ2n) is 5.07. The van der Waals surface area contributed by atoms with Crippen molar-refractivity contribution in [3.05, 3.63) is 65.7 Å². The third-order valence-electron chi connectivity index (χ3n) is 3.06. The van der Waals surface area contributed by atoms with Crippen LogP contribution in [-0.4, -0.2) is 11.1 Å². The normalized spacial score (nSPS) is 11.0. The second kappa shape index (κ2) is 6.75. The van der Waals surface area contributed by atoms with E-state index < -0.39 is 5.97 Å². The van der Waals surface area contributed by atoms with Crippen LogP contribution in [-0.2, 0) is 4.79 Å². The first-order valence-electron chi connectivity index (χ1n) is 6.83. The van der Waals surface area contributed by atoms with E-state index in [1.165, 1.54) is 11.6 Å². The van der Waals surface area contributed by atoms with E-state index in [2.05, 4.69) is 13.8 Å². The average molecular weight is 282 g/mol. The summed E-state index contributed by atoms with van der Waals surface area (Å²) in [5.41, 5.74) is 2.05. The van der Waals surface area contributed by atoms with Crippen LogP contribution in [0.5, 0.6) is 11.5 Å². The van der Waals surface area contributed by atoms with Crippen LogP contribution in [0.25, 0.3) is 6.08 Å². The van der Waals surface area contributed by atoms with Crippen molar-refractivity contribution in [1.82, 2.24) is 0 Å². The Labute approximate surface area is 124 Å². The molecule has 0 bridgehead atoms. The minimum atomic E-state index is -0.967. The maximum Gasteiger partial charge on any atom is 0.328 e. The highest BCUT2D eigenvalue weighted by molar-refractivity contribution is 5.85. The summed E-state index contributed by atoms with van der Waals surface area (Å²) in [5, 5.41) is 8.63. The monoisotopic (exact) mass is 282 g/mol. The van der Waals surface area contributed by atoms with Crippen LogP contribution >= 0.6 is 0 Å². The SMILES string of the molecule is CC(C)c1ccc(Oc2cccc(C=CC(=O)O)c2)cc1. The molecule has 0 aliphatic heterocycles. The van der Waals surface area contributed by atoms with Gasteiger partial charge in [0, 0.05) is 6.08 Å². The van der Waals surface area contributed by atoms with Gasteiger partial charge in [0.1, 0.15) is 11.5 Å². The first-order valence-corrected chi connectivity index (χ1v) is 6.83. The lowest BCUT2D eigenvalue weighted by Gasteiger charge is -2.09. The summed E-state index contributed by atoms with van der Waals surface area (Å²) < 4.78 is 5.78. The molecule has 0 radical (unpaired) electrons. The lowest BCUT2D eigenvalue weighted by Crippen LogP contribution is -1.89. The molecule has 0 amide bonds. The number of rotatable bonds is 5. The van der Waals surface area contributed by atoms with Crippen molar-refractivity contribution in [2.24, 2.45) is 0 Å². The number of carboxylic acids is 1. The summed E-state index contributed by atoms with van der Waals surface area (Å²) in [4.78, 5) is 10.5. The van der Waals surface area contributed by atoms with Gasteiger partial charge in [0.2, 0.25) is 0 Å². The van der Waals surface area contributed by atoms with Gasteiger partial charge in [0.15, 0.2) is 0 Å². The summed E-state index contributed by atoms with van der Waals surface area (Å²) in [6.45, 7) is 4.29. The summed E-state index contributed by atoms with van der Waals surface area (Å²) >= 11 is 0. The number of carboxylic acid groups (broad SMARTS) is 1. The Balaban J connectivity index is 2.12.